The Morgan fingerprint density at radius 3 is 2.86 bits per heavy atom. The van der Waals surface area contributed by atoms with Gasteiger partial charge in [-0.05, 0) is 11.1 Å². The van der Waals surface area contributed by atoms with E-state index in [1.807, 2.05) is 30.3 Å². The molecule has 2 unspecified atom stereocenters. The van der Waals surface area contributed by atoms with Crippen LogP contribution in [0.3, 0.4) is 0 Å². The minimum atomic E-state index is -0.702. The van der Waals surface area contributed by atoms with E-state index < -0.39 is 18.1 Å². The lowest BCUT2D eigenvalue weighted by atomic mass is 9.99. The first-order chi connectivity index (χ1) is 10.1. The van der Waals surface area contributed by atoms with Crippen molar-refractivity contribution in [1.29, 1.82) is 0 Å². The summed E-state index contributed by atoms with van der Waals surface area (Å²) in [5.74, 6) is -0.0304. The summed E-state index contributed by atoms with van der Waals surface area (Å²) in [5, 5.41) is -0.141. The fourth-order valence-corrected chi connectivity index (χ4v) is 3.78. The van der Waals surface area contributed by atoms with Gasteiger partial charge in [0.2, 0.25) is 5.91 Å². The van der Waals surface area contributed by atoms with Crippen molar-refractivity contribution in [3.63, 3.8) is 0 Å². The van der Waals surface area contributed by atoms with Crippen LogP contribution < -0.4 is 5.73 Å². The summed E-state index contributed by atoms with van der Waals surface area (Å²) in [7, 11) is 0. The van der Waals surface area contributed by atoms with Crippen LogP contribution in [0.2, 0.25) is 0 Å². The fourth-order valence-electron chi connectivity index (χ4n) is 2.52. The van der Waals surface area contributed by atoms with Crippen LogP contribution in [-0.4, -0.2) is 40.0 Å². The molecule has 2 aliphatic rings. The second-order valence-electron chi connectivity index (χ2n) is 5.13. The van der Waals surface area contributed by atoms with Gasteiger partial charge in [0.05, 0.1) is 0 Å². The zero-order valence-corrected chi connectivity index (χ0v) is 12.2. The molecule has 1 amide bonds. The monoisotopic (exact) mass is 304 g/mol. The second kappa shape index (κ2) is 5.54. The highest BCUT2D eigenvalue weighted by atomic mass is 32.2. The number of esters is 1. The number of nitrogens with two attached hydrogens (primary N) is 1. The van der Waals surface area contributed by atoms with Gasteiger partial charge < -0.3 is 15.4 Å². The number of amides is 1. The van der Waals surface area contributed by atoms with Crippen LogP contribution in [0.5, 0.6) is 0 Å². The van der Waals surface area contributed by atoms with Gasteiger partial charge in [0.1, 0.15) is 18.0 Å². The van der Waals surface area contributed by atoms with Gasteiger partial charge in [0.25, 0.3) is 0 Å². The van der Waals surface area contributed by atoms with Crippen molar-refractivity contribution in [3.05, 3.63) is 48.0 Å². The first-order valence-electron chi connectivity index (χ1n) is 6.67. The van der Waals surface area contributed by atoms with Crippen LogP contribution in [0.4, 0.5) is 0 Å². The third kappa shape index (κ3) is 2.45. The maximum atomic E-state index is 12.3. The van der Waals surface area contributed by atoms with E-state index in [4.69, 9.17) is 10.5 Å². The smallest absolute Gasteiger partial charge is 0.333 e. The van der Waals surface area contributed by atoms with Gasteiger partial charge in [0.15, 0.2) is 6.04 Å². The Labute approximate surface area is 127 Å². The average molecular weight is 304 g/mol. The number of β-lactam (4-membered cyclic amide) rings is 1. The third-order valence-corrected chi connectivity index (χ3v) is 5.07. The number of benzene rings is 1. The molecule has 6 heteroatoms. The van der Waals surface area contributed by atoms with E-state index in [1.165, 1.54) is 4.90 Å². The molecule has 2 fully saturated rings. The molecule has 2 N–H and O–H groups in total. The van der Waals surface area contributed by atoms with E-state index in [1.54, 1.807) is 11.8 Å². The number of rotatable bonds is 3. The number of fused-ring (bicyclic) bond motifs is 1. The van der Waals surface area contributed by atoms with E-state index in [2.05, 4.69) is 6.58 Å². The Balaban J connectivity index is 1.68. The van der Waals surface area contributed by atoms with E-state index in [0.29, 0.717) is 11.3 Å². The first-order valence-corrected chi connectivity index (χ1v) is 7.72. The first kappa shape index (κ1) is 14.2. The molecule has 0 bridgehead atoms. The van der Waals surface area contributed by atoms with E-state index in [9.17, 15) is 9.59 Å². The second-order valence-corrected chi connectivity index (χ2v) is 6.23. The van der Waals surface area contributed by atoms with Gasteiger partial charge in [-0.1, -0.05) is 36.9 Å². The number of ether oxygens (including phenoxy) is 1. The van der Waals surface area contributed by atoms with Crippen molar-refractivity contribution in [1.82, 2.24) is 4.90 Å². The minimum Gasteiger partial charge on any atom is -0.459 e. The standard InChI is InChI=1S/C15H16N2O3S/c1-9-8-21-14-11(16)13(18)17(14)12(9)15(19)20-7-10-5-3-2-4-6-10/h2-6,11-12,14H,1,7-8,16H2/t11?,12?,14-/m1/s1. The molecule has 1 aromatic carbocycles. The van der Waals surface area contributed by atoms with Gasteiger partial charge in [0, 0.05) is 5.75 Å². The van der Waals surface area contributed by atoms with Crippen LogP contribution in [0.25, 0.3) is 0 Å². The molecule has 5 nitrogen and oxygen atoms in total. The van der Waals surface area contributed by atoms with E-state index >= 15 is 0 Å². The summed E-state index contributed by atoms with van der Waals surface area (Å²) in [6.07, 6.45) is 0. The highest BCUT2D eigenvalue weighted by Gasteiger charge is 2.54. The molecule has 0 spiro atoms. The number of hydrogen-bond acceptors (Lipinski definition) is 5. The lowest BCUT2D eigenvalue weighted by Gasteiger charge is -2.51. The normalized spacial score (nSPS) is 27.9. The van der Waals surface area contributed by atoms with E-state index in [-0.39, 0.29) is 17.9 Å². The van der Waals surface area contributed by atoms with Crippen LogP contribution in [0.1, 0.15) is 5.56 Å². The number of carbonyl (C=O) groups is 2. The van der Waals surface area contributed by atoms with Gasteiger partial charge in [-0.15, -0.1) is 11.8 Å². The summed E-state index contributed by atoms with van der Waals surface area (Å²) >= 11 is 1.54. The van der Waals surface area contributed by atoms with Crippen LogP contribution in [-0.2, 0) is 20.9 Å². The predicted octanol–water partition coefficient (Wildman–Crippen LogP) is 0.897. The van der Waals surface area contributed by atoms with Crippen LogP contribution in [0.15, 0.2) is 42.5 Å². The van der Waals surface area contributed by atoms with Crippen LogP contribution in [0, 0.1) is 0 Å². The topological polar surface area (TPSA) is 72.6 Å². The molecule has 1 aromatic rings. The molecular weight excluding hydrogens is 288 g/mol. The Bertz CT molecular complexity index is 590. The number of nitrogens with zero attached hydrogens (tertiary/aromatic N) is 1. The molecule has 110 valence electrons. The lowest BCUT2D eigenvalue weighted by Crippen LogP contribution is -2.73. The van der Waals surface area contributed by atoms with Gasteiger partial charge in [-0.2, -0.15) is 0 Å². The van der Waals surface area contributed by atoms with Crippen LogP contribution >= 0.6 is 11.8 Å². The minimum absolute atomic E-state index is 0.141. The Morgan fingerprint density at radius 1 is 1.43 bits per heavy atom. The number of carbonyl (C=O) groups excluding carboxylic acids is 2. The Hall–Kier alpha value is -1.79. The summed E-state index contributed by atoms with van der Waals surface area (Å²) in [4.78, 5) is 25.7. The molecule has 0 radical (unpaired) electrons. The summed E-state index contributed by atoms with van der Waals surface area (Å²) < 4.78 is 5.33. The number of thioether (sulfide) groups is 1. The van der Waals surface area contributed by atoms with Gasteiger partial charge >= 0.3 is 5.97 Å². The highest BCUT2D eigenvalue weighted by molar-refractivity contribution is 8.00. The molecule has 3 rings (SSSR count). The zero-order valence-electron chi connectivity index (χ0n) is 11.4. The lowest BCUT2D eigenvalue weighted by molar-refractivity contribution is -0.162. The SMILES string of the molecule is C=C1CS[C@@H]2C(N)C(=O)N2C1C(=O)OCc1ccccc1. The van der Waals surface area contributed by atoms with Crippen molar-refractivity contribution in [2.45, 2.75) is 24.1 Å². The Morgan fingerprint density at radius 2 is 2.14 bits per heavy atom. The molecule has 0 aliphatic carbocycles. The van der Waals surface area contributed by atoms with Crippen molar-refractivity contribution in [2.24, 2.45) is 5.73 Å². The van der Waals surface area contributed by atoms with Gasteiger partial charge in [-0.25, -0.2) is 4.79 Å². The number of hydrogen-bond donors (Lipinski definition) is 1. The summed E-state index contributed by atoms with van der Waals surface area (Å²) in [5.41, 5.74) is 7.35. The predicted molar refractivity (Wildman–Crippen MR) is 80.2 cm³/mol. The van der Waals surface area contributed by atoms with E-state index in [0.717, 1.165) is 5.56 Å². The summed E-state index contributed by atoms with van der Waals surface area (Å²) in [6.45, 7) is 4.08. The molecule has 0 saturated carbocycles. The Kier molecular flexibility index (Phi) is 3.73. The third-order valence-electron chi connectivity index (χ3n) is 3.67. The van der Waals surface area contributed by atoms with Gasteiger partial charge in [-0.3, -0.25) is 4.79 Å². The maximum absolute atomic E-state index is 12.3. The van der Waals surface area contributed by atoms with Crippen molar-refractivity contribution in [2.75, 3.05) is 5.75 Å². The molecule has 0 aromatic heterocycles. The molecule has 2 heterocycles. The summed E-state index contributed by atoms with van der Waals surface area (Å²) in [6, 6.07) is 8.20. The van der Waals surface area contributed by atoms with Crippen molar-refractivity contribution in [3.8, 4) is 0 Å². The molecule has 2 aliphatic heterocycles. The maximum Gasteiger partial charge on any atom is 0.333 e. The average Bonchev–Trinajstić information content (AvgIpc) is 2.52. The van der Waals surface area contributed by atoms with Crippen molar-refractivity contribution >= 4 is 23.6 Å². The molecular formula is C15H16N2O3S. The molecule has 21 heavy (non-hydrogen) atoms. The molecule has 3 atom stereocenters. The highest BCUT2D eigenvalue weighted by Crippen LogP contribution is 2.39. The molecule has 2 saturated heterocycles. The fraction of sp³-hybridized carbons (Fsp3) is 0.333. The zero-order chi connectivity index (χ0) is 15.0. The quantitative estimate of drug-likeness (QED) is 0.510. The van der Waals surface area contributed by atoms with Crippen molar-refractivity contribution < 1.29 is 14.3 Å². The largest absolute Gasteiger partial charge is 0.459 e.